The van der Waals surface area contributed by atoms with Crippen molar-refractivity contribution in [2.45, 2.75) is 51.4 Å². The number of likely N-dealkylation sites (N-methyl/N-ethyl adjacent to an activating group) is 1. The predicted octanol–water partition coefficient (Wildman–Crippen LogP) is 2.79. The zero-order valence-electron chi connectivity index (χ0n) is 20.6. The lowest BCUT2D eigenvalue weighted by molar-refractivity contribution is -0.140. The van der Waals surface area contributed by atoms with Crippen LogP contribution in [-0.2, 0) is 9.53 Å². The number of ether oxygens (including phenoxy) is 2. The van der Waals surface area contributed by atoms with Crippen LogP contribution >= 0.6 is 0 Å². The molecule has 11 heteroatoms. The lowest BCUT2D eigenvalue weighted by atomic mass is 9.94. The van der Waals surface area contributed by atoms with Crippen LogP contribution in [0.15, 0.2) is 22.7 Å². The third-order valence-electron chi connectivity index (χ3n) is 6.44. The molecule has 35 heavy (non-hydrogen) atoms. The van der Waals surface area contributed by atoms with Gasteiger partial charge in [-0.2, -0.15) is 0 Å². The average molecular weight is 486 g/mol. The summed E-state index contributed by atoms with van der Waals surface area (Å²) in [5.41, 5.74) is 1.86. The summed E-state index contributed by atoms with van der Waals surface area (Å²) in [4.78, 5) is 41.2. The molecule has 0 radical (unpaired) electrons. The molecule has 0 bridgehead atoms. The van der Waals surface area contributed by atoms with Crippen LogP contribution in [0.2, 0.25) is 0 Å². The molecule has 11 nitrogen and oxygen atoms in total. The molecule has 0 saturated carbocycles. The van der Waals surface area contributed by atoms with Gasteiger partial charge in [0, 0.05) is 26.8 Å². The van der Waals surface area contributed by atoms with Gasteiger partial charge in [0.05, 0.1) is 24.1 Å². The molecule has 0 aliphatic carbocycles. The van der Waals surface area contributed by atoms with E-state index in [9.17, 15) is 14.4 Å². The lowest BCUT2D eigenvalue weighted by Crippen LogP contribution is -2.53. The third kappa shape index (κ3) is 5.24. The molecular formula is C24H31N5O6. The number of aromatic nitrogens is 1. The molecule has 2 N–H and O–H groups in total. The van der Waals surface area contributed by atoms with Crippen LogP contribution in [0.1, 0.15) is 41.1 Å². The van der Waals surface area contributed by atoms with Crippen molar-refractivity contribution in [3.8, 4) is 5.75 Å². The first-order valence-electron chi connectivity index (χ1n) is 11.5. The van der Waals surface area contributed by atoms with Crippen LogP contribution in [0.3, 0.4) is 0 Å². The Bertz CT molecular complexity index is 1110. The Labute approximate surface area is 203 Å². The van der Waals surface area contributed by atoms with E-state index in [1.54, 1.807) is 63.0 Å². The van der Waals surface area contributed by atoms with Gasteiger partial charge in [-0.05, 0) is 44.9 Å². The molecule has 4 amide bonds. The van der Waals surface area contributed by atoms with Crippen LogP contribution in [0.25, 0.3) is 0 Å². The molecule has 188 valence electrons. The van der Waals surface area contributed by atoms with Gasteiger partial charge in [0.25, 0.3) is 5.91 Å². The van der Waals surface area contributed by atoms with Gasteiger partial charge in [-0.1, -0.05) is 5.16 Å². The van der Waals surface area contributed by atoms with Gasteiger partial charge in [0.2, 0.25) is 5.91 Å². The summed E-state index contributed by atoms with van der Waals surface area (Å²) in [6.45, 7) is 3.69. The molecule has 0 unspecified atom stereocenters. The Balaban J connectivity index is 1.47. The summed E-state index contributed by atoms with van der Waals surface area (Å²) < 4.78 is 17.2. The van der Waals surface area contributed by atoms with Crippen LogP contribution in [-0.4, -0.2) is 78.8 Å². The third-order valence-corrected chi connectivity index (χ3v) is 6.44. The number of rotatable bonds is 4. The number of nitrogens with one attached hydrogen (secondary N) is 2. The Morgan fingerprint density at radius 2 is 1.97 bits per heavy atom. The van der Waals surface area contributed by atoms with Crippen molar-refractivity contribution >= 4 is 29.2 Å². The summed E-state index contributed by atoms with van der Waals surface area (Å²) in [5, 5.41) is 9.27. The van der Waals surface area contributed by atoms with Crippen LogP contribution in [0.5, 0.6) is 5.75 Å². The second-order valence-electron chi connectivity index (χ2n) is 9.15. The Kier molecular flexibility index (Phi) is 6.97. The number of fused-ring (bicyclic) bond motifs is 2. The number of amides is 4. The highest BCUT2D eigenvalue weighted by Crippen LogP contribution is 2.32. The van der Waals surface area contributed by atoms with Crippen LogP contribution in [0.4, 0.5) is 16.2 Å². The highest BCUT2D eigenvalue weighted by molar-refractivity contribution is 6.03. The van der Waals surface area contributed by atoms with E-state index in [1.807, 2.05) is 0 Å². The van der Waals surface area contributed by atoms with Crippen LogP contribution < -0.4 is 15.4 Å². The van der Waals surface area contributed by atoms with E-state index >= 15 is 0 Å². The van der Waals surface area contributed by atoms with Crippen molar-refractivity contribution in [2.75, 3.05) is 38.4 Å². The number of anilines is 2. The molecule has 1 aromatic heterocycles. The number of aryl methyl sites for hydroxylation is 2. The number of carbonyl (C=O) groups is 3. The summed E-state index contributed by atoms with van der Waals surface area (Å²) in [6.07, 6.45) is 1.13. The molecule has 2 aliphatic rings. The SMILES string of the molecule is Cc1noc(C)c1NC(=O)Nc1ccc2c(c1)C(=O)N(C)[C@@H]1CC[C@H](CC(=O)N(C)C)O[C@H]1CO2. The number of benzene rings is 1. The zero-order chi connectivity index (χ0) is 25.3. The smallest absolute Gasteiger partial charge is 0.323 e. The summed E-state index contributed by atoms with van der Waals surface area (Å²) in [7, 11) is 5.19. The Morgan fingerprint density at radius 3 is 2.66 bits per heavy atom. The van der Waals surface area contributed by atoms with Crippen molar-refractivity contribution in [2.24, 2.45) is 0 Å². The van der Waals surface area contributed by atoms with E-state index in [2.05, 4.69) is 15.8 Å². The van der Waals surface area contributed by atoms with E-state index in [-0.39, 0.29) is 36.7 Å². The van der Waals surface area contributed by atoms with E-state index < -0.39 is 6.03 Å². The number of hydrogen-bond donors (Lipinski definition) is 2. The topological polar surface area (TPSA) is 126 Å². The molecule has 3 heterocycles. The maximum absolute atomic E-state index is 13.4. The second-order valence-corrected chi connectivity index (χ2v) is 9.15. The molecule has 4 rings (SSSR count). The highest BCUT2D eigenvalue weighted by Gasteiger charge is 2.39. The maximum atomic E-state index is 13.4. The van der Waals surface area contributed by atoms with Gasteiger partial charge in [-0.3, -0.25) is 9.59 Å². The van der Waals surface area contributed by atoms with Gasteiger partial charge < -0.3 is 34.4 Å². The first-order chi connectivity index (χ1) is 16.6. The molecule has 2 aromatic rings. The van der Waals surface area contributed by atoms with Crippen molar-refractivity contribution in [3.63, 3.8) is 0 Å². The maximum Gasteiger partial charge on any atom is 0.323 e. The Morgan fingerprint density at radius 1 is 1.20 bits per heavy atom. The number of carbonyl (C=O) groups excluding carboxylic acids is 3. The summed E-state index contributed by atoms with van der Waals surface area (Å²) >= 11 is 0. The minimum atomic E-state index is -0.481. The normalized spacial score (nSPS) is 21.7. The van der Waals surface area contributed by atoms with Gasteiger partial charge in [-0.15, -0.1) is 0 Å². The molecule has 3 atom stereocenters. The number of urea groups is 1. The molecule has 1 fully saturated rings. The van der Waals surface area contributed by atoms with Gasteiger partial charge in [0.1, 0.15) is 29.8 Å². The molecule has 1 aromatic carbocycles. The van der Waals surface area contributed by atoms with Crippen molar-refractivity contribution < 1.29 is 28.4 Å². The molecular weight excluding hydrogens is 454 g/mol. The first-order valence-corrected chi connectivity index (χ1v) is 11.5. The fourth-order valence-electron chi connectivity index (χ4n) is 4.42. The lowest BCUT2D eigenvalue weighted by Gasteiger charge is -2.42. The summed E-state index contributed by atoms with van der Waals surface area (Å²) in [6, 6.07) is 4.26. The second kappa shape index (κ2) is 9.95. The molecule has 1 saturated heterocycles. The van der Waals surface area contributed by atoms with Crippen LogP contribution in [0, 0.1) is 13.8 Å². The van der Waals surface area contributed by atoms with Crippen molar-refractivity contribution in [1.29, 1.82) is 0 Å². The minimum Gasteiger partial charge on any atom is -0.490 e. The van der Waals surface area contributed by atoms with Gasteiger partial charge in [0.15, 0.2) is 5.76 Å². The van der Waals surface area contributed by atoms with E-state index in [1.165, 1.54) is 0 Å². The minimum absolute atomic E-state index is 0.00779. The van der Waals surface area contributed by atoms with E-state index in [4.69, 9.17) is 14.0 Å². The predicted molar refractivity (Wildman–Crippen MR) is 128 cm³/mol. The van der Waals surface area contributed by atoms with Gasteiger partial charge in [-0.25, -0.2) is 4.79 Å². The highest BCUT2D eigenvalue weighted by atomic mass is 16.5. The standard InChI is InChI=1S/C24H31N5O6/c1-13-22(14(2)35-27-13)26-24(32)25-15-6-9-19-17(10-15)23(31)29(5)18-8-7-16(11-21(30)28(3)4)34-20(18)12-33-19/h6,9-10,16,18,20H,7-8,11-12H2,1-5H3,(H2,25,26,32)/t16-,18-,20+/m1/s1. The van der Waals surface area contributed by atoms with Gasteiger partial charge >= 0.3 is 6.03 Å². The molecule has 0 spiro atoms. The fourth-order valence-corrected chi connectivity index (χ4v) is 4.42. The monoisotopic (exact) mass is 485 g/mol. The van der Waals surface area contributed by atoms with E-state index in [0.29, 0.717) is 53.4 Å². The summed E-state index contributed by atoms with van der Waals surface area (Å²) in [5.74, 6) is 0.690. The fraction of sp³-hybridized carbons (Fsp3) is 0.500. The number of nitrogens with zero attached hydrogens (tertiary/aromatic N) is 3. The largest absolute Gasteiger partial charge is 0.490 e. The van der Waals surface area contributed by atoms with E-state index in [0.717, 1.165) is 0 Å². The van der Waals surface area contributed by atoms with Crippen molar-refractivity contribution in [1.82, 2.24) is 15.0 Å². The first kappa shape index (κ1) is 24.5. The quantitative estimate of drug-likeness (QED) is 0.682. The number of hydrogen-bond acceptors (Lipinski definition) is 7. The zero-order valence-corrected chi connectivity index (χ0v) is 20.6. The molecule has 2 aliphatic heterocycles. The van der Waals surface area contributed by atoms with Crippen molar-refractivity contribution in [3.05, 3.63) is 35.2 Å². The average Bonchev–Trinajstić information content (AvgIpc) is 3.13. The Hall–Kier alpha value is -3.60.